The summed E-state index contributed by atoms with van der Waals surface area (Å²) in [5.74, 6) is 0.930. The summed E-state index contributed by atoms with van der Waals surface area (Å²) in [4.78, 5) is 0. The molecule has 1 aromatic rings. The minimum absolute atomic E-state index is 0.0423. The van der Waals surface area contributed by atoms with Crippen molar-refractivity contribution in [3.8, 4) is 5.75 Å². The fraction of sp³-hybridized carbons (Fsp3) is 0.571. The minimum atomic E-state index is -0.453. The van der Waals surface area contributed by atoms with Crippen LogP contribution in [0.15, 0.2) is 24.3 Å². The predicted octanol–water partition coefficient (Wildman–Crippen LogP) is 2.01. The number of para-hydroxylation sites is 1. The Morgan fingerprint density at radius 1 is 1.47 bits per heavy atom. The zero-order valence-electron chi connectivity index (χ0n) is 10.4. The van der Waals surface area contributed by atoms with Gasteiger partial charge in [0.25, 0.3) is 0 Å². The Morgan fingerprint density at radius 2 is 2.24 bits per heavy atom. The SMILES string of the molecule is Cc1ccccc1OC1CCCC(N)(CO)C1. The number of hydrogen-bond donors (Lipinski definition) is 2. The lowest BCUT2D eigenvalue weighted by atomic mass is 9.81. The molecular formula is C14H21NO2. The summed E-state index contributed by atoms with van der Waals surface area (Å²) in [5, 5.41) is 9.31. The second-order valence-corrected chi connectivity index (χ2v) is 5.12. The van der Waals surface area contributed by atoms with Gasteiger partial charge in [-0.25, -0.2) is 0 Å². The molecule has 0 aliphatic heterocycles. The number of rotatable bonds is 3. The second kappa shape index (κ2) is 5.07. The largest absolute Gasteiger partial charge is 0.490 e. The van der Waals surface area contributed by atoms with Crippen molar-refractivity contribution in [2.75, 3.05) is 6.61 Å². The van der Waals surface area contributed by atoms with Crippen LogP contribution in [-0.4, -0.2) is 23.4 Å². The van der Waals surface area contributed by atoms with Crippen LogP contribution in [-0.2, 0) is 0 Å². The van der Waals surface area contributed by atoms with Crippen LogP contribution in [0.4, 0.5) is 0 Å². The first-order valence-corrected chi connectivity index (χ1v) is 6.25. The molecule has 94 valence electrons. The van der Waals surface area contributed by atoms with Gasteiger partial charge in [-0.05, 0) is 37.8 Å². The normalized spacial score (nSPS) is 29.0. The Hall–Kier alpha value is -1.06. The number of hydrogen-bond acceptors (Lipinski definition) is 3. The van der Waals surface area contributed by atoms with Crippen LogP contribution >= 0.6 is 0 Å². The van der Waals surface area contributed by atoms with Crippen LogP contribution in [0.1, 0.15) is 31.2 Å². The molecule has 0 amide bonds. The molecule has 0 radical (unpaired) electrons. The van der Waals surface area contributed by atoms with E-state index in [1.165, 1.54) is 0 Å². The monoisotopic (exact) mass is 235 g/mol. The van der Waals surface area contributed by atoms with Crippen molar-refractivity contribution >= 4 is 0 Å². The summed E-state index contributed by atoms with van der Waals surface area (Å²) in [5.41, 5.74) is 6.80. The molecule has 3 nitrogen and oxygen atoms in total. The third-order valence-corrected chi connectivity index (χ3v) is 3.54. The van der Waals surface area contributed by atoms with Crippen LogP contribution in [0.25, 0.3) is 0 Å². The van der Waals surface area contributed by atoms with Crippen molar-refractivity contribution in [2.45, 2.75) is 44.2 Å². The van der Waals surface area contributed by atoms with Crippen molar-refractivity contribution in [1.29, 1.82) is 0 Å². The van der Waals surface area contributed by atoms with Crippen molar-refractivity contribution in [2.24, 2.45) is 5.73 Å². The third kappa shape index (κ3) is 2.99. The van der Waals surface area contributed by atoms with Crippen LogP contribution in [0.5, 0.6) is 5.75 Å². The zero-order valence-corrected chi connectivity index (χ0v) is 10.4. The molecule has 0 bridgehead atoms. The highest BCUT2D eigenvalue weighted by Gasteiger charge is 2.33. The van der Waals surface area contributed by atoms with Gasteiger partial charge in [0.2, 0.25) is 0 Å². The van der Waals surface area contributed by atoms with Gasteiger partial charge in [0, 0.05) is 12.0 Å². The Bertz CT molecular complexity index is 380. The Kier molecular flexibility index (Phi) is 3.69. The van der Waals surface area contributed by atoms with Crippen LogP contribution < -0.4 is 10.5 Å². The fourth-order valence-electron chi connectivity index (χ4n) is 2.45. The topological polar surface area (TPSA) is 55.5 Å². The Labute approximate surface area is 103 Å². The number of benzene rings is 1. The molecule has 2 unspecified atom stereocenters. The molecule has 1 aliphatic carbocycles. The first kappa shape index (κ1) is 12.4. The van der Waals surface area contributed by atoms with E-state index in [2.05, 4.69) is 0 Å². The molecule has 1 fully saturated rings. The average Bonchev–Trinajstić information content (AvgIpc) is 2.32. The average molecular weight is 235 g/mol. The summed E-state index contributed by atoms with van der Waals surface area (Å²) in [6.45, 7) is 2.08. The number of ether oxygens (including phenoxy) is 1. The van der Waals surface area contributed by atoms with Crippen molar-refractivity contribution in [3.63, 3.8) is 0 Å². The molecule has 2 rings (SSSR count). The molecule has 1 aromatic carbocycles. The number of aliphatic hydroxyl groups is 1. The van der Waals surface area contributed by atoms with Crippen LogP contribution in [0.2, 0.25) is 0 Å². The lowest BCUT2D eigenvalue weighted by molar-refractivity contribution is 0.0725. The highest BCUT2D eigenvalue weighted by atomic mass is 16.5. The zero-order chi connectivity index (χ0) is 12.3. The van der Waals surface area contributed by atoms with E-state index >= 15 is 0 Å². The van der Waals surface area contributed by atoms with Gasteiger partial charge in [-0.3, -0.25) is 0 Å². The van der Waals surface area contributed by atoms with Gasteiger partial charge in [0.05, 0.1) is 6.61 Å². The quantitative estimate of drug-likeness (QED) is 0.842. The molecule has 0 aromatic heterocycles. The smallest absolute Gasteiger partial charge is 0.122 e. The van der Waals surface area contributed by atoms with Gasteiger partial charge in [-0.1, -0.05) is 18.2 Å². The van der Waals surface area contributed by atoms with Gasteiger partial charge in [-0.15, -0.1) is 0 Å². The molecule has 3 heteroatoms. The minimum Gasteiger partial charge on any atom is -0.490 e. The summed E-state index contributed by atoms with van der Waals surface area (Å²) in [6.07, 6.45) is 3.79. The van der Waals surface area contributed by atoms with Gasteiger partial charge in [-0.2, -0.15) is 0 Å². The third-order valence-electron chi connectivity index (χ3n) is 3.54. The highest BCUT2D eigenvalue weighted by molar-refractivity contribution is 5.32. The van der Waals surface area contributed by atoms with Crippen molar-refractivity contribution in [3.05, 3.63) is 29.8 Å². The molecule has 1 saturated carbocycles. The molecule has 17 heavy (non-hydrogen) atoms. The molecule has 0 spiro atoms. The fourth-order valence-corrected chi connectivity index (χ4v) is 2.45. The molecule has 0 saturated heterocycles. The Balaban J connectivity index is 2.02. The van der Waals surface area contributed by atoms with Crippen molar-refractivity contribution < 1.29 is 9.84 Å². The first-order valence-electron chi connectivity index (χ1n) is 6.25. The van der Waals surface area contributed by atoms with E-state index in [-0.39, 0.29) is 12.7 Å². The van der Waals surface area contributed by atoms with E-state index < -0.39 is 5.54 Å². The van der Waals surface area contributed by atoms with E-state index in [9.17, 15) is 5.11 Å². The van der Waals surface area contributed by atoms with Gasteiger partial charge >= 0.3 is 0 Å². The summed E-state index contributed by atoms with van der Waals surface area (Å²) >= 11 is 0. The number of aliphatic hydroxyl groups excluding tert-OH is 1. The lowest BCUT2D eigenvalue weighted by Gasteiger charge is -2.36. The van der Waals surface area contributed by atoms with Crippen LogP contribution in [0, 0.1) is 6.92 Å². The maximum absolute atomic E-state index is 9.31. The predicted molar refractivity (Wildman–Crippen MR) is 68.1 cm³/mol. The molecule has 1 aliphatic rings. The molecule has 3 N–H and O–H groups in total. The highest BCUT2D eigenvalue weighted by Crippen LogP contribution is 2.30. The van der Waals surface area contributed by atoms with Gasteiger partial charge in [0.1, 0.15) is 11.9 Å². The summed E-state index contributed by atoms with van der Waals surface area (Å²) < 4.78 is 5.99. The second-order valence-electron chi connectivity index (χ2n) is 5.12. The molecule has 0 heterocycles. The van der Waals surface area contributed by atoms with Gasteiger partial charge in [0.15, 0.2) is 0 Å². The van der Waals surface area contributed by atoms with Crippen molar-refractivity contribution in [1.82, 2.24) is 0 Å². The summed E-state index contributed by atoms with van der Waals surface area (Å²) in [6, 6.07) is 8.01. The molecule has 2 atom stereocenters. The summed E-state index contributed by atoms with van der Waals surface area (Å²) in [7, 11) is 0. The van der Waals surface area contributed by atoms with E-state index in [1.807, 2.05) is 31.2 Å². The van der Waals surface area contributed by atoms with E-state index in [0.29, 0.717) is 0 Å². The number of aryl methyl sites for hydroxylation is 1. The van der Waals surface area contributed by atoms with E-state index in [1.54, 1.807) is 0 Å². The Morgan fingerprint density at radius 3 is 2.94 bits per heavy atom. The van der Waals surface area contributed by atoms with E-state index in [4.69, 9.17) is 10.5 Å². The van der Waals surface area contributed by atoms with Gasteiger partial charge < -0.3 is 15.6 Å². The maximum atomic E-state index is 9.31. The first-order chi connectivity index (χ1) is 8.13. The maximum Gasteiger partial charge on any atom is 0.122 e. The lowest BCUT2D eigenvalue weighted by Crippen LogP contribution is -2.50. The van der Waals surface area contributed by atoms with E-state index in [0.717, 1.165) is 37.0 Å². The standard InChI is InChI=1S/C14H21NO2/c1-11-5-2-3-7-13(11)17-12-6-4-8-14(15,9-12)10-16/h2-3,5,7,12,16H,4,6,8-10,15H2,1H3. The van der Waals surface area contributed by atoms with Crippen LogP contribution in [0.3, 0.4) is 0 Å². The molecular weight excluding hydrogens is 214 g/mol. The number of nitrogens with two attached hydrogens (primary N) is 1.